The summed E-state index contributed by atoms with van der Waals surface area (Å²) in [4.78, 5) is 11.7. The lowest BCUT2D eigenvalue weighted by atomic mass is 10.00. The lowest BCUT2D eigenvalue weighted by Gasteiger charge is -2.22. The first-order chi connectivity index (χ1) is 7.88. The number of nitrogens with one attached hydrogen (secondary N) is 2. The summed E-state index contributed by atoms with van der Waals surface area (Å²) < 4.78 is 0. The van der Waals surface area contributed by atoms with Crippen molar-refractivity contribution in [1.29, 1.82) is 0 Å². The van der Waals surface area contributed by atoms with Gasteiger partial charge in [-0.05, 0) is 46.5 Å². The maximum atomic E-state index is 11.7. The molecule has 0 spiro atoms. The fourth-order valence-corrected chi connectivity index (χ4v) is 2.45. The Morgan fingerprint density at radius 1 is 1.29 bits per heavy atom. The van der Waals surface area contributed by atoms with Gasteiger partial charge < -0.3 is 10.6 Å². The summed E-state index contributed by atoms with van der Waals surface area (Å²) in [6, 6.07) is 0.347. The second-order valence-corrected chi connectivity index (χ2v) is 6.33. The quantitative estimate of drug-likeness (QED) is 0.775. The van der Waals surface area contributed by atoms with Crippen molar-refractivity contribution < 1.29 is 4.79 Å². The second-order valence-electron chi connectivity index (χ2n) is 6.33. The average Bonchev–Trinajstić information content (AvgIpc) is 2.67. The highest BCUT2D eigenvalue weighted by atomic mass is 16.1. The van der Waals surface area contributed by atoms with E-state index in [0.717, 1.165) is 6.54 Å². The van der Waals surface area contributed by atoms with E-state index in [2.05, 4.69) is 38.3 Å². The summed E-state index contributed by atoms with van der Waals surface area (Å²) in [6.45, 7) is 9.25. The van der Waals surface area contributed by atoms with Crippen molar-refractivity contribution >= 4 is 5.91 Å². The number of carbonyl (C=O) groups excluding carboxylic acids is 1. The normalized spacial score (nSPS) is 19.3. The van der Waals surface area contributed by atoms with Crippen molar-refractivity contribution in [3.05, 3.63) is 0 Å². The van der Waals surface area contributed by atoms with Gasteiger partial charge in [0.2, 0.25) is 5.91 Å². The highest BCUT2D eigenvalue weighted by molar-refractivity contribution is 5.76. The van der Waals surface area contributed by atoms with Crippen LogP contribution in [0.15, 0.2) is 0 Å². The number of amides is 1. The predicted octanol–water partition coefficient (Wildman–Crippen LogP) is 2.46. The topological polar surface area (TPSA) is 41.1 Å². The van der Waals surface area contributed by atoms with Gasteiger partial charge in [-0.25, -0.2) is 0 Å². The predicted molar refractivity (Wildman–Crippen MR) is 71.9 cm³/mol. The molecular formula is C14H28N2O. The molecule has 0 saturated heterocycles. The zero-order valence-electron chi connectivity index (χ0n) is 11.8. The fraction of sp³-hybridized carbons (Fsp3) is 0.929. The Labute approximate surface area is 106 Å². The minimum absolute atomic E-state index is 0.0946. The van der Waals surface area contributed by atoms with E-state index in [-0.39, 0.29) is 11.4 Å². The van der Waals surface area contributed by atoms with Gasteiger partial charge in [-0.2, -0.15) is 0 Å². The summed E-state index contributed by atoms with van der Waals surface area (Å²) in [7, 11) is 0. The number of carbonyl (C=O) groups is 1. The Kier molecular flexibility index (Phi) is 5.44. The molecule has 0 bridgehead atoms. The average molecular weight is 240 g/mol. The number of hydrogen-bond acceptors (Lipinski definition) is 2. The smallest absolute Gasteiger partial charge is 0.221 e. The second kappa shape index (κ2) is 6.39. The molecular weight excluding hydrogens is 212 g/mol. The van der Waals surface area contributed by atoms with Gasteiger partial charge in [-0.1, -0.05) is 12.8 Å². The van der Waals surface area contributed by atoms with Crippen LogP contribution in [0.5, 0.6) is 0 Å². The first kappa shape index (κ1) is 14.5. The van der Waals surface area contributed by atoms with Crippen LogP contribution in [0.25, 0.3) is 0 Å². The highest BCUT2D eigenvalue weighted by Crippen LogP contribution is 2.27. The van der Waals surface area contributed by atoms with Crippen molar-refractivity contribution in [3.63, 3.8) is 0 Å². The summed E-state index contributed by atoms with van der Waals surface area (Å²) in [6.07, 6.45) is 5.80. The van der Waals surface area contributed by atoms with Crippen LogP contribution in [-0.2, 0) is 4.79 Å². The van der Waals surface area contributed by atoms with Crippen LogP contribution in [0.3, 0.4) is 0 Å². The molecule has 0 aliphatic heterocycles. The molecule has 100 valence electrons. The standard InChI is InChI=1S/C14H28N2O/c1-11(12-7-5-6-8-12)16-13(17)9-10-15-14(2,3)4/h11-12,15H,5-10H2,1-4H3,(H,16,17). The molecule has 0 aromatic heterocycles. The van der Waals surface area contributed by atoms with Crippen LogP contribution in [0, 0.1) is 5.92 Å². The van der Waals surface area contributed by atoms with Crippen molar-refractivity contribution in [1.82, 2.24) is 10.6 Å². The molecule has 1 rings (SSSR count). The first-order valence-electron chi connectivity index (χ1n) is 6.93. The zero-order chi connectivity index (χ0) is 12.9. The third kappa shape index (κ3) is 6.06. The van der Waals surface area contributed by atoms with E-state index in [1.54, 1.807) is 0 Å². The maximum Gasteiger partial charge on any atom is 0.221 e. The van der Waals surface area contributed by atoms with Gasteiger partial charge in [0.1, 0.15) is 0 Å². The molecule has 2 N–H and O–H groups in total. The first-order valence-corrected chi connectivity index (χ1v) is 6.93. The lowest BCUT2D eigenvalue weighted by molar-refractivity contribution is -0.122. The van der Waals surface area contributed by atoms with E-state index in [4.69, 9.17) is 0 Å². The SMILES string of the molecule is CC(NC(=O)CCNC(C)(C)C)C1CCCC1. The van der Waals surface area contributed by atoms with E-state index >= 15 is 0 Å². The third-order valence-corrected chi connectivity index (χ3v) is 3.50. The largest absolute Gasteiger partial charge is 0.353 e. The van der Waals surface area contributed by atoms with Crippen LogP contribution in [-0.4, -0.2) is 24.0 Å². The van der Waals surface area contributed by atoms with Crippen LogP contribution >= 0.6 is 0 Å². The van der Waals surface area contributed by atoms with E-state index in [1.165, 1.54) is 25.7 Å². The minimum Gasteiger partial charge on any atom is -0.353 e. The molecule has 0 aromatic rings. The van der Waals surface area contributed by atoms with Crippen LogP contribution in [0.2, 0.25) is 0 Å². The molecule has 3 heteroatoms. The molecule has 1 aliphatic carbocycles. The van der Waals surface area contributed by atoms with Gasteiger partial charge in [0.05, 0.1) is 0 Å². The lowest BCUT2D eigenvalue weighted by Crippen LogP contribution is -2.41. The van der Waals surface area contributed by atoms with Crippen LogP contribution < -0.4 is 10.6 Å². The Morgan fingerprint density at radius 3 is 2.41 bits per heavy atom. The number of hydrogen-bond donors (Lipinski definition) is 2. The Hall–Kier alpha value is -0.570. The van der Waals surface area contributed by atoms with Crippen molar-refractivity contribution in [2.75, 3.05) is 6.54 Å². The van der Waals surface area contributed by atoms with E-state index < -0.39 is 0 Å². The van der Waals surface area contributed by atoms with Crippen LogP contribution in [0.1, 0.15) is 59.8 Å². The van der Waals surface area contributed by atoms with Gasteiger partial charge in [-0.15, -0.1) is 0 Å². The zero-order valence-corrected chi connectivity index (χ0v) is 11.8. The molecule has 1 amide bonds. The molecule has 0 aromatic carbocycles. The van der Waals surface area contributed by atoms with Crippen LogP contribution in [0.4, 0.5) is 0 Å². The summed E-state index contributed by atoms with van der Waals surface area (Å²) in [5.41, 5.74) is 0.0946. The van der Waals surface area contributed by atoms with Gasteiger partial charge in [0.25, 0.3) is 0 Å². The third-order valence-electron chi connectivity index (χ3n) is 3.50. The highest BCUT2D eigenvalue weighted by Gasteiger charge is 2.22. The van der Waals surface area contributed by atoms with Gasteiger partial charge in [-0.3, -0.25) is 4.79 Å². The van der Waals surface area contributed by atoms with E-state index in [1.807, 2.05) is 0 Å². The number of rotatable bonds is 5. The fourth-order valence-electron chi connectivity index (χ4n) is 2.45. The molecule has 1 fully saturated rings. The summed E-state index contributed by atoms with van der Waals surface area (Å²) >= 11 is 0. The van der Waals surface area contributed by atoms with Crippen molar-refractivity contribution in [2.24, 2.45) is 5.92 Å². The van der Waals surface area contributed by atoms with Gasteiger partial charge in [0, 0.05) is 24.5 Å². The monoisotopic (exact) mass is 240 g/mol. The molecule has 1 unspecified atom stereocenters. The van der Waals surface area contributed by atoms with Crippen molar-refractivity contribution in [2.45, 2.75) is 71.4 Å². The van der Waals surface area contributed by atoms with Gasteiger partial charge >= 0.3 is 0 Å². The molecule has 0 heterocycles. The molecule has 1 saturated carbocycles. The van der Waals surface area contributed by atoms with E-state index in [9.17, 15) is 4.79 Å². The van der Waals surface area contributed by atoms with Crippen molar-refractivity contribution in [3.8, 4) is 0 Å². The van der Waals surface area contributed by atoms with E-state index in [0.29, 0.717) is 18.4 Å². The molecule has 3 nitrogen and oxygen atoms in total. The summed E-state index contributed by atoms with van der Waals surface area (Å²) in [5, 5.41) is 6.46. The minimum atomic E-state index is 0.0946. The molecule has 1 aliphatic rings. The van der Waals surface area contributed by atoms with Gasteiger partial charge in [0.15, 0.2) is 0 Å². The Balaban J connectivity index is 2.15. The summed E-state index contributed by atoms with van der Waals surface area (Å²) in [5.74, 6) is 0.885. The Bertz CT molecular complexity index is 239. The Morgan fingerprint density at radius 2 is 1.88 bits per heavy atom. The molecule has 0 radical (unpaired) electrons. The molecule has 17 heavy (non-hydrogen) atoms. The molecule has 1 atom stereocenters. The maximum absolute atomic E-state index is 11.7.